The smallest absolute Gasteiger partial charge is 0.273 e. The average molecular weight is 420 g/mol. The predicted octanol–water partition coefficient (Wildman–Crippen LogP) is 5.08. The summed E-state index contributed by atoms with van der Waals surface area (Å²) >= 11 is 0. The number of H-pyrrole nitrogens is 1. The van der Waals surface area contributed by atoms with Gasteiger partial charge in [-0.1, -0.05) is 50.2 Å². The van der Waals surface area contributed by atoms with E-state index in [2.05, 4.69) is 24.0 Å². The lowest BCUT2D eigenvalue weighted by atomic mass is 9.95. The molecule has 1 aliphatic rings. The normalized spacial score (nSPS) is 15.5. The predicted molar refractivity (Wildman–Crippen MR) is 121 cm³/mol. The van der Waals surface area contributed by atoms with E-state index in [1.165, 1.54) is 0 Å². The molecular formula is C25H29N3O3. The van der Waals surface area contributed by atoms with Crippen molar-refractivity contribution in [2.45, 2.75) is 33.7 Å². The van der Waals surface area contributed by atoms with Gasteiger partial charge in [0, 0.05) is 17.7 Å². The molecule has 4 rings (SSSR count). The molecule has 1 amide bonds. The van der Waals surface area contributed by atoms with Gasteiger partial charge < -0.3 is 14.4 Å². The molecule has 0 aliphatic carbocycles. The molecule has 0 bridgehead atoms. The maximum Gasteiger partial charge on any atom is 0.273 e. The van der Waals surface area contributed by atoms with Crippen LogP contribution in [0.4, 0.5) is 0 Å². The summed E-state index contributed by atoms with van der Waals surface area (Å²) < 4.78 is 11.6. The molecule has 3 aromatic rings. The molecule has 2 heterocycles. The van der Waals surface area contributed by atoms with Gasteiger partial charge in [0.1, 0.15) is 5.69 Å². The van der Waals surface area contributed by atoms with Crippen molar-refractivity contribution in [3.8, 4) is 22.8 Å². The number of aromatic nitrogens is 2. The average Bonchev–Trinajstić information content (AvgIpc) is 3.30. The number of benzene rings is 2. The van der Waals surface area contributed by atoms with Gasteiger partial charge in [-0.05, 0) is 37.5 Å². The van der Waals surface area contributed by atoms with Gasteiger partial charge in [-0.25, -0.2) is 0 Å². The third-order valence-electron chi connectivity index (χ3n) is 5.36. The Labute approximate surface area is 183 Å². The number of carbonyl (C=O) groups is 1. The topological polar surface area (TPSA) is 67.5 Å². The van der Waals surface area contributed by atoms with Crippen molar-refractivity contribution >= 4 is 5.91 Å². The van der Waals surface area contributed by atoms with Crippen molar-refractivity contribution < 1.29 is 14.3 Å². The number of amides is 1. The first-order valence-corrected chi connectivity index (χ1v) is 10.9. The minimum atomic E-state index is -0.242. The minimum Gasteiger partial charge on any atom is -0.490 e. The standard InChI is InChI=1S/C25H29N3O3/c1-5-30-19-13-12-18(14-20(19)31-6-2)24-21-22(17-10-8-7-9-11-17)26-27-23(21)25(29)28(24)15-16(3)4/h7-14,16,24H,5-6,15H2,1-4H3,(H,26,27). The van der Waals surface area contributed by atoms with E-state index >= 15 is 0 Å². The first-order chi connectivity index (χ1) is 15.0. The zero-order valence-electron chi connectivity index (χ0n) is 18.5. The van der Waals surface area contributed by atoms with Gasteiger partial charge >= 0.3 is 0 Å². The van der Waals surface area contributed by atoms with Gasteiger partial charge in [0.05, 0.1) is 24.9 Å². The summed E-state index contributed by atoms with van der Waals surface area (Å²) in [5, 5.41) is 7.54. The van der Waals surface area contributed by atoms with E-state index in [1.54, 1.807) is 0 Å². The van der Waals surface area contributed by atoms with Crippen LogP contribution in [0.1, 0.15) is 55.4 Å². The number of ether oxygens (including phenoxy) is 2. The highest BCUT2D eigenvalue weighted by atomic mass is 16.5. The Balaban J connectivity index is 1.86. The van der Waals surface area contributed by atoms with Gasteiger partial charge in [0.15, 0.2) is 11.5 Å². The Kier molecular flexibility index (Phi) is 5.98. The molecule has 2 aromatic carbocycles. The largest absolute Gasteiger partial charge is 0.490 e. The third-order valence-corrected chi connectivity index (χ3v) is 5.36. The van der Waals surface area contributed by atoms with Crippen LogP contribution in [0.3, 0.4) is 0 Å². The molecule has 31 heavy (non-hydrogen) atoms. The number of hydrogen-bond donors (Lipinski definition) is 1. The van der Waals surface area contributed by atoms with Crippen molar-refractivity contribution in [1.82, 2.24) is 15.1 Å². The summed E-state index contributed by atoms with van der Waals surface area (Å²) in [7, 11) is 0. The molecule has 0 fully saturated rings. The van der Waals surface area contributed by atoms with Gasteiger partial charge in [-0.15, -0.1) is 0 Å². The van der Waals surface area contributed by atoms with E-state index in [4.69, 9.17) is 9.47 Å². The minimum absolute atomic E-state index is 0.0183. The van der Waals surface area contributed by atoms with Crippen LogP contribution in [-0.2, 0) is 0 Å². The molecule has 1 aliphatic heterocycles. The number of fused-ring (bicyclic) bond motifs is 1. The quantitative estimate of drug-likeness (QED) is 0.553. The Morgan fingerprint density at radius 3 is 2.42 bits per heavy atom. The molecule has 0 radical (unpaired) electrons. The summed E-state index contributed by atoms with van der Waals surface area (Å²) in [5.41, 5.74) is 4.27. The van der Waals surface area contributed by atoms with Crippen molar-refractivity contribution in [1.29, 1.82) is 0 Å². The van der Waals surface area contributed by atoms with E-state index in [9.17, 15) is 4.79 Å². The SMILES string of the molecule is CCOc1ccc(C2c3c(-c4ccccc4)n[nH]c3C(=O)N2CC(C)C)cc1OCC. The lowest BCUT2D eigenvalue weighted by Crippen LogP contribution is -2.32. The number of nitrogens with zero attached hydrogens (tertiary/aromatic N) is 2. The molecule has 0 saturated heterocycles. The fraction of sp³-hybridized carbons (Fsp3) is 0.360. The maximum absolute atomic E-state index is 13.3. The number of nitrogens with one attached hydrogen (secondary N) is 1. The fourth-order valence-corrected chi connectivity index (χ4v) is 4.18. The van der Waals surface area contributed by atoms with Crippen LogP contribution in [0.15, 0.2) is 48.5 Å². The summed E-state index contributed by atoms with van der Waals surface area (Å²) in [6.45, 7) is 9.90. The molecular weight excluding hydrogens is 390 g/mol. The molecule has 1 aromatic heterocycles. The highest BCUT2D eigenvalue weighted by molar-refractivity contribution is 6.00. The summed E-state index contributed by atoms with van der Waals surface area (Å²) in [6, 6.07) is 15.7. The molecule has 0 saturated carbocycles. The first-order valence-electron chi connectivity index (χ1n) is 10.9. The highest BCUT2D eigenvalue weighted by Gasteiger charge is 2.42. The number of rotatable bonds is 8. The lowest BCUT2D eigenvalue weighted by Gasteiger charge is -2.28. The Morgan fingerprint density at radius 1 is 1.03 bits per heavy atom. The van der Waals surface area contributed by atoms with Crippen molar-refractivity contribution in [3.63, 3.8) is 0 Å². The molecule has 6 heteroatoms. The van der Waals surface area contributed by atoms with E-state index < -0.39 is 0 Å². The van der Waals surface area contributed by atoms with Gasteiger partial charge in [-0.3, -0.25) is 9.89 Å². The number of carbonyl (C=O) groups excluding carboxylic acids is 1. The van der Waals surface area contributed by atoms with Crippen molar-refractivity contribution in [2.75, 3.05) is 19.8 Å². The second-order valence-electron chi connectivity index (χ2n) is 8.05. The Bertz CT molecular complexity index is 1060. The monoisotopic (exact) mass is 419 g/mol. The Morgan fingerprint density at radius 2 is 1.74 bits per heavy atom. The van der Waals surface area contributed by atoms with Crippen molar-refractivity contribution in [2.24, 2.45) is 5.92 Å². The van der Waals surface area contributed by atoms with Crippen LogP contribution in [0.25, 0.3) is 11.3 Å². The van der Waals surface area contributed by atoms with E-state index in [0.29, 0.717) is 42.9 Å². The second kappa shape index (κ2) is 8.84. The van der Waals surface area contributed by atoms with Crippen LogP contribution < -0.4 is 9.47 Å². The zero-order valence-corrected chi connectivity index (χ0v) is 18.5. The summed E-state index contributed by atoms with van der Waals surface area (Å²) in [4.78, 5) is 15.3. The van der Waals surface area contributed by atoms with E-state index in [1.807, 2.05) is 67.3 Å². The summed E-state index contributed by atoms with van der Waals surface area (Å²) in [5.74, 6) is 1.72. The number of aromatic amines is 1. The van der Waals surface area contributed by atoms with Crippen molar-refractivity contribution in [3.05, 3.63) is 65.4 Å². The third kappa shape index (κ3) is 3.90. The fourth-order valence-electron chi connectivity index (χ4n) is 4.18. The Hall–Kier alpha value is -3.28. The van der Waals surface area contributed by atoms with Crippen LogP contribution in [-0.4, -0.2) is 40.8 Å². The first kappa shape index (κ1) is 21.0. The van der Waals surface area contributed by atoms with Gasteiger partial charge in [0.25, 0.3) is 5.91 Å². The van der Waals surface area contributed by atoms with E-state index in [0.717, 1.165) is 22.4 Å². The van der Waals surface area contributed by atoms with Crippen LogP contribution >= 0.6 is 0 Å². The maximum atomic E-state index is 13.3. The molecule has 1 unspecified atom stereocenters. The molecule has 162 valence electrons. The second-order valence-corrected chi connectivity index (χ2v) is 8.05. The number of hydrogen-bond acceptors (Lipinski definition) is 4. The van der Waals surface area contributed by atoms with Gasteiger partial charge in [-0.2, -0.15) is 5.10 Å². The molecule has 1 atom stereocenters. The molecule has 1 N–H and O–H groups in total. The van der Waals surface area contributed by atoms with Crippen LogP contribution in [0.5, 0.6) is 11.5 Å². The highest BCUT2D eigenvalue weighted by Crippen LogP contribution is 2.44. The van der Waals surface area contributed by atoms with Crippen LogP contribution in [0, 0.1) is 5.92 Å². The van der Waals surface area contributed by atoms with Gasteiger partial charge in [0.2, 0.25) is 0 Å². The van der Waals surface area contributed by atoms with E-state index in [-0.39, 0.29) is 11.9 Å². The van der Waals surface area contributed by atoms with Crippen LogP contribution in [0.2, 0.25) is 0 Å². The molecule has 0 spiro atoms. The lowest BCUT2D eigenvalue weighted by molar-refractivity contribution is 0.0722. The zero-order chi connectivity index (χ0) is 22.0. The summed E-state index contributed by atoms with van der Waals surface area (Å²) in [6.07, 6.45) is 0. The molecule has 6 nitrogen and oxygen atoms in total.